The first-order chi connectivity index (χ1) is 17.0. The van der Waals surface area contributed by atoms with E-state index in [9.17, 15) is 0 Å². The van der Waals surface area contributed by atoms with Crippen LogP contribution in [0.1, 0.15) is 95.9 Å². The molecule has 6 aliphatic heterocycles. The summed E-state index contributed by atoms with van der Waals surface area (Å²) in [7, 11) is 0. The molecule has 0 aromatic carbocycles. The van der Waals surface area contributed by atoms with E-state index in [-0.39, 0.29) is 44.6 Å². The second kappa shape index (κ2) is 48.4. The van der Waals surface area contributed by atoms with Crippen molar-refractivity contribution in [2.75, 3.05) is 112 Å². The van der Waals surface area contributed by atoms with Crippen molar-refractivity contribution in [2.24, 2.45) is 0 Å². The van der Waals surface area contributed by atoms with Crippen LogP contribution in [0.2, 0.25) is 0 Å². The van der Waals surface area contributed by atoms with Crippen LogP contribution in [0.5, 0.6) is 0 Å². The zero-order valence-corrected chi connectivity index (χ0v) is 21.8. The molecular weight excluding hydrogens is 506 g/mol. The average Bonchev–Trinajstić information content (AvgIpc) is 3.74. The van der Waals surface area contributed by atoms with E-state index in [0.717, 1.165) is 98.8 Å². The Labute approximate surface area is 253 Å². The summed E-state index contributed by atoms with van der Waals surface area (Å²) in [6, 6.07) is 0. The molecule has 6 saturated heterocycles. The van der Waals surface area contributed by atoms with E-state index in [0.29, 0.717) is 0 Å². The second-order valence-electron chi connectivity index (χ2n) is 8.70. The second-order valence-corrected chi connectivity index (χ2v) is 8.70. The zero-order chi connectivity index (χ0) is 24.0. The molecule has 0 aromatic heterocycles. The lowest BCUT2D eigenvalue weighted by Crippen LogP contribution is -2.30. The van der Waals surface area contributed by atoms with E-state index in [2.05, 4.69) is 26.6 Å². The predicted octanol–water partition coefficient (Wildman–Crippen LogP) is 4.91. The molecule has 0 radical (unpaired) electrons. The summed E-state index contributed by atoms with van der Waals surface area (Å²) in [5.74, 6) is 0. The topological polar surface area (TPSA) is 97.1 Å². The van der Waals surface area contributed by atoms with Gasteiger partial charge in [0.05, 0.1) is 26.4 Å². The number of ether oxygens (including phenoxy) is 4. The molecule has 9 nitrogen and oxygen atoms in total. The van der Waals surface area contributed by atoms with Crippen molar-refractivity contribution in [1.29, 1.82) is 0 Å². The fourth-order valence-electron chi connectivity index (χ4n) is 3.47. The Kier molecular flexibility index (Phi) is 63.2. The van der Waals surface area contributed by atoms with E-state index >= 15 is 0 Å². The van der Waals surface area contributed by atoms with Gasteiger partial charge in [0.15, 0.2) is 0 Å². The van der Waals surface area contributed by atoms with E-state index in [1.807, 2.05) is 0 Å². The molecule has 252 valence electrons. The van der Waals surface area contributed by atoms with Gasteiger partial charge in [-0.05, 0) is 64.5 Å². The molecule has 6 rings (SSSR count). The van der Waals surface area contributed by atoms with Crippen molar-refractivity contribution in [3.63, 3.8) is 0 Å². The number of morpholine rings is 2. The number of rotatable bonds is 0. The van der Waals surface area contributed by atoms with Crippen molar-refractivity contribution in [2.45, 2.75) is 95.9 Å². The van der Waals surface area contributed by atoms with Crippen LogP contribution in [0.3, 0.4) is 0 Å². The molecule has 6 fully saturated rings. The molecule has 0 aromatic rings. The van der Waals surface area contributed by atoms with Crippen molar-refractivity contribution in [3.8, 4) is 0 Å². The summed E-state index contributed by atoms with van der Waals surface area (Å²) in [6.07, 6.45) is 10.6. The molecule has 0 saturated carbocycles. The first-order valence-electron chi connectivity index (χ1n) is 13.8. The molecule has 9 heteroatoms. The van der Waals surface area contributed by atoms with Gasteiger partial charge in [0.1, 0.15) is 0 Å². The van der Waals surface area contributed by atoms with Crippen LogP contribution in [0.25, 0.3) is 0 Å². The molecule has 0 spiro atoms. The zero-order valence-electron chi connectivity index (χ0n) is 21.8. The Morgan fingerprint density at radius 3 is 0.650 bits per heavy atom. The van der Waals surface area contributed by atoms with Crippen molar-refractivity contribution >= 4 is 0 Å². The normalized spacial score (nSPS) is 20.4. The van der Waals surface area contributed by atoms with E-state index in [1.165, 1.54) is 64.5 Å². The smallest absolute Gasteiger partial charge is 0.0591 e. The minimum atomic E-state index is 0. The highest BCUT2D eigenvalue weighted by Crippen LogP contribution is 2.02. The van der Waals surface area contributed by atoms with Gasteiger partial charge in [-0.15, -0.1) is 0 Å². The summed E-state index contributed by atoms with van der Waals surface area (Å²) in [5, 5.41) is 15.8. The molecule has 0 atom stereocenters. The highest BCUT2D eigenvalue weighted by molar-refractivity contribution is 4.56. The van der Waals surface area contributed by atoms with Crippen LogP contribution in [0, 0.1) is 0 Å². The maximum atomic E-state index is 5.07. The average molecular weight is 586 g/mol. The van der Waals surface area contributed by atoms with E-state index in [4.69, 9.17) is 18.9 Å². The van der Waals surface area contributed by atoms with Gasteiger partial charge in [-0.1, -0.05) is 44.6 Å². The van der Waals surface area contributed by atoms with Gasteiger partial charge >= 0.3 is 0 Å². The lowest BCUT2D eigenvalue weighted by atomic mass is 10.2. The SMILES string of the molecule is C.C.C.C.C.C.C1CCNC1.C1CCOCC1.C1CCOCC1.C1CNCN1.C1COCCN1.C1COCCN1. The Hall–Kier alpha value is -0.360. The predicted molar refractivity (Wildman–Crippen MR) is 180 cm³/mol. The van der Waals surface area contributed by atoms with Crippen LogP contribution < -0.4 is 26.6 Å². The lowest BCUT2D eigenvalue weighted by molar-refractivity contribution is 0.0967. The molecular formula is C31H79N5O4. The van der Waals surface area contributed by atoms with Gasteiger partial charge in [0.25, 0.3) is 0 Å². The third-order valence-electron chi connectivity index (χ3n) is 5.53. The van der Waals surface area contributed by atoms with Gasteiger partial charge in [0.2, 0.25) is 0 Å². The summed E-state index contributed by atoms with van der Waals surface area (Å²) in [5.41, 5.74) is 0. The standard InChI is InChI=1S/2C5H10O.2C4H9NO.C4H9N.C3H8N2.6CH4/c2*1-2-4-6-5-3-1;2*1-3-6-4-2-5-1;1-2-4-5-3-1;1-2-5-3-4-1;;;;;;/h2*1-5H2;2*5H,1-4H2;5H,1-4H2;4-5H,1-3H2;6*1H4. The first-order valence-corrected chi connectivity index (χ1v) is 13.8. The first kappa shape index (κ1) is 52.3. The van der Waals surface area contributed by atoms with Gasteiger partial charge in [-0.3, -0.25) is 0 Å². The molecule has 0 amide bonds. The summed E-state index contributed by atoms with van der Waals surface area (Å²) < 4.78 is 20.2. The largest absolute Gasteiger partial charge is 0.381 e. The Bertz CT molecular complexity index is 242. The Morgan fingerprint density at radius 1 is 0.250 bits per heavy atom. The van der Waals surface area contributed by atoms with Crippen LogP contribution in [0.15, 0.2) is 0 Å². The third-order valence-corrected chi connectivity index (χ3v) is 5.53. The minimum absolute atomic E-state index is 0. The Balaban J connectivity index is -0.0000000843. The number of hydrogen-bond acceptors (Lipinski definition) is 9. The fourth-order valence-corrected chi connectivity index (χ4v) is 3.47. The number of nitrogens with one attached hydrogen (secondary N) is 5. The highest BCUT2D eigenvalue weighted by atomic mass is 16.5. The van der Waals surface area contributed by atoms with Gasteiger partial charge in [-0.2, -0.15) is 0 Å². The molecule has 0 aliphatic carbocycles. The van der Waals surface area contributed by atoms with Crippen molar-refractivity contribution in [1.82, 2.24) is 26.6 Å². The summed E-state index contributed by atoms with van der Waals surface area (Å²) in [6.45, 7) is 17.4. The minimum Gasteiger partial charge on any atom is -0.381 e. The lowest BCUT2D eigenvalue weighted by Gasteiger charge is -2.10. The quantitative estimate of drug-likeness (QED) is 0.272. The Morgan fingerprint density at radius 2 is 0.550 bits per heavy atom. The monoisotopic (exact) mass is 586 g/mol. The molecule has 0 unspecified atom stereocenters. The van der Waals surface area contributed by atoms with Gasteiger partial charge in [0, 0.05) is 72.4 Å². The van der Waals surface area contributed by atoms with Crippen LogP contribution in [0.4, 0.5) is 0 Å². The molecule has 6 heterocycles. The maximum absolute atomic E-state index is 5.07. The summed E-state index contributed by atoms with van der Waals surface area (Å²) in [4.78, 5) is 0. The van der Waals surface area contributed by atoms with Crippen LogP contribution in [-0.2, 0) is 18.9 Å². The highest BCUT2D eigenvalue weighted by Gasteiger charge is 1.96. The van der Waals surface area contributed by atoms with Gasteiger partial charge < -0.3 is 45.5 Å². The molecule has 0 bridgehead atoms. The summed E-state index contributed by atoms with van der Waals surface area (Å²) >= 11 is 0. The van der Waals surface area contributed by atoms with Crippen LogP contribution in [-0.4, -0.2) is 112 Å². The van der Waals surface area contributed by atoms with E-state index < -0.39 is 0 Å². The molecule has 40 heavy (non-hydrogen) atoms. The number of hydrogen-bond donors (Lipinski definition) is 5. The van der Waals surface area contributed by atoms with Gasteiger partial charge in [-0.25, -0.2) is 0 Å². The molecule has 5 N–H and O–H groups in total. The van der Waals surface area contributed by atoms with Crippen molar-refractivity contribution < 1.29 is 18.9 Å². The van der Waals surface area contributed by atoms with Crippen LogP contribution >= 0.6 is 0 Å². The van der Waals surface area contributed by atoms with E-state index in [1.54, 1.807) is 0 Å². The fraction of sp³-hybridized carbons (Fsp3) is 1.00. The van der Waals surface area contributed by atoms with Crippen molar-refractivity contribution in [3.05, 3.63) is 0 Å². The molecule has 6 aliphatic rings. The third kappa shape index (κ3) is 44.7. The maximum Gasteiger partial charge on any atom is 0.0591 e.